The summed E-state index contributed by atoms with van der Waals surface area (Å²) in [6, 6.07) is -1.04. The smallest absolute Gasteiger partial charge is 0.197 e. The van der Waals surface area contributed by atoms with Crippen molar-refractivity contribution in [1.82, 2.24) is 0 Å². The Kier molecular flexibility index (Phi) is 2.94. The number of hydrogen-bond donors (Lipinski definition) is 0. The Hall–Kier alpha value is -0.133. The zero-order chi connectivity index (χ0) is 10.2. The van der Waals surface area contributed by atoms with Crippen molar-refractivity contribution in [3.05, 3.63) is 0 Å². The van der Waals surface area contributed by atoms with Crippen molar-refractivity contribution < 1.29 is 22.0 Å². The highest BCUT2D eigenvalue weighted by Crippen LogP contribution is 2.41. The van der Waals surface area contributed by atoms with Crippen molar-refractivity contribution in [2.24, 2.45) is 0 Å². The lowest BCUT2D eigenvalue weighted by atomic mass is 10.4. The van der Waals surface area contributed by atoms with E-state index in [1.54, 1.807) is 0 Å². The Bertz CT molecular complexity index is 154. The third-order valence-corrected chi connectivity index (χ3v) is 2.67. The van der Waals surface area contributed by atoms with Crippen molar-refractivity contribution in [3.8, 4) is 0 Å². The van der Waals surface area contributed by atoms with E-state index in [4.69, 9.17) is 0 Å². The molecule has 0 radical (unpaired) electrons. The molecule has 0 atom stereocenters. The molecule has 0 N–H and O–H groups in total. The zero-order valence-corrected chi connectivity index (χ0v) is 8.10. The fourth-order valence-corrected chi connectivity index (χ4v) is 2.30. The Morgan fingerprint density at radius 2 is 1.25 bits per heavy atom. The highest BCUT2D eigenvalue weighted by Gasteiger charge is 2.58. The van der Waals surface area contributed by atoms with Crippen LogP contribution in [0.1, 0.15) is 0 Å². The minimum absolute atomic E-state index is 1.04. The van der Waals surface area contributed by atoms with Gasteiger partial charge in [0.25, 0.3) is 0 Å². The van der Waals surface area contributed by atoms with Crippen LogP contribution in [-0.2, 0) is 0 Å². The van der Waals surface area contributed by atoms with Gasteiger partial charge in [-0.15, -0.1) is 0 Å². The van der Waals surface area contributed by atoms with Crippen LogP contribution in [0.25, 0.3) is 0 Å². The molecular weight excluding hydrogens is 195 g/mol. The van der Waals surface area contributed by atoms with Crippen molar-refractivity contribution >= 4 is 8.07 Å². The van der Waals surface area contributed by atoms with Gasteiger partial charge in [-0.3, -0.25) is 0 Å². The lowest BCUT2D eigenvalue weighted by Gasteiger charge is -2.25. The van der Waals surface area contributed by atoms with Crippen LogP contribution in [0.3, 0.4) is 0 Å². The monoisotopic (exact) mass is 206 g/mol. The Morgan fingerprint density at radius 3 is 1.33 bits per heavy atom. The molecule has 0 aliphatic rings. The molecule has 0 aromatic carbocycles. The molecule has 0 saturated carbocycles. The summed E-state index contributed by atoms with van der Waals surface area (Å²) in [5, 5.41) is 0. The molecule has 0 aromatic heterocycles. The molecule has 12 heavy (non-hydrogen) atoms. The van der Waals surface area contributed by atoms with Gasteiger partial charge < -0.3 is 0 Å². The van der Waals surface area contributed by atoms with Crippen molar-refractivity contribution in [3.63, 3.8) is 0 Å². The summed E-state index contributed by atoms with van der Waals surface area (Å²) in [6.45, 7) is 4.44. The van der Waals surface area contributed by atoms with Crippen LogP contribution in [0, 0.1) is 0 Å². The molecule has 0 rings (SSSR count). The quantitative estimate of drug-likeness (QED) is 0.479. The lowest BCUT2D eigenvalue weighted by Crippen LogP contribution is -2.42. The predicted octanol–water partition coefficient (Wildman–Crippen LogP) is 3.52. The van der Waals surface area contributed by atoms with Crippen molar-refractivity contribution in [1.29, 1.82) is 0 Å². The first-order valence-electron chi connectivity index (χ1n) is 3.40. The van der Waals surface area contributed by atoms with Crippen LogP contribution in [0.15, 0.2) is 0 Å². The topological polar surface area (TPSA) is 0 Å². The minimum Gasteiger partial charge on any atom is -0.197 e. The summed E-state index contributed by atoms with van der Waals surface area (Å²) in [4.78, 5) is 0. The van der Waals surface area contributed by atoms with E-state index in [1.807, 2.05) is 0 Å². The fraction of sp³-hybridized carbons (Fsp3) is 1.00. The summed E-state index contributed by atoms with van der Waals surface area (Å²) < 4.78 is 59.6. The highest BCUT2D eigenvalue weighted by molar-refractivity contribution is 6.76. The zero-order valence-electron chi connectivity index (χ0n) is 7.10. The molecule has 6 heteroatoms. The Labute approximate surface area is 68.8 Å². The van der Waals surface area contributed by atoms with Gasteiger partial charge in [-0.05, 0) is 0 Å². The van der Waals surface area contributed by atoms with Crippen LogP contribution in [-0.4, -0.2) is 20.2 Å². The maximum Gasteiger partial charge on any atom is 0.452 e. The summed E-state index contributed by atoms with van der Waals surface area (Å²) in [5.41, 5.74) is 0. The molecule has 0 spiro atoms. The molecule has 0 amide bonds. The molecule has 0 saturated heterocycles. The van der Waals surface area contributed by atoms with Crippen LogP contribution in [0.2, 0.25) is 25.7 Å². The van der Waals surface area contributed by atoms with Gasteiger partial charge in [0, 0.05) is 6.04 Å². The third kappa shape index (κ3) is 3.51. The van der Waals surface area contributed by atoms with Crippen molar-refractivity contribution in [2.45, 2.75) is 37.8 Å². The van der Waals surface area contributed by atoms with E-state index < -0.39 is 26.2 Å². The second-order valence-electron chi connectivity index (χ2n) is 3.94. The second-order valence-corrected chi connectivity index (χ2v) is 9.41. The fourth-order valence-electron chi connectivity index (χ4n) is 0.766. The molecular formula is C6H11F5Si. The number of hydrogen-bond acceptors (Lipinski definition) is 0. The maximum atomic E-state index is 12.3. The summed E-state index contributed by atoms with van der Waals surface area (Å²) >= 11 is 0. The van der Waals surface area contributed by atoms with Crippen LogP contribution < -0.4 is 0 Å². The first kappa shape index (κ1) is 11.9. The molecule has 74 valence electrons. The standard InChI is InChI=1S/C6H11F5Si/c1-12(2,3)4-5(7,8)6(9,10)11/h4H2,1-3H3. The average Bonchev–Trinajstić information content (AvgIpc) is 1.52. The van der Waals surface area contributed by atoms with Gasteiger partial charge in [0.1, 0.15) is 0 Å². The summed E-state index contributed by atoms with van der Waals surface area (Å²) in [6.07, 6.45) is -5.40. The van der Waals surface area contributed by atoms with Gasteiger partial charge in [-0.25, -0.2) is 0 Å². The van der Waals surface area contributed by atoms with Gasteiger partial charge in [-0.2, -0.15) is 22.0 Å². The van der Waals surface area contributed by atoms with E-state index in [2.05, 4.69) is 0 Å². The van der Waals surface area contributed by atoms with Gasteiger partial charge in [0.15, 0.2) is 0 Å². The first-order valence-corrected chi connectivity index (χ1v) is 7.11. The van der Waals surface area contributed by atoms with E-state index in [-0.39, 0.29) is 0 Å². The summed E-state index contributed by atoms with van der Waals surface area (Å²) in [7, 11) is -2.37. The largest absolute Gasteiger partial charge is 0.452 e. The molecule has 0 bridgehead atoms. The predicted molar refractivity (Wildman–Crippen MR) is 39.2 cm³/mol. The molecule has 0 nitrogen and oxygen atoms in total. The molecule has 0 aliphatic heterocycles. The molecule has 0 aliphatic carbocycles. The Morgan fingerprint density at radius 1 is 0.917 bits per heavy atom. The lowest BCUT2D eigenvalue weighted by molar-refractivity contribution is -0.273. The van der Waals surface area contributed by atoms with E-state index in [0.717, 1.165) is 0 Å². The SMILES string of the molecule is C[Si](C)(C)CC(F)(F)C(F)(F)F. The number of halogens is 5. The van der Waals surface area contributed by atoms with Crippen LogP contribution >= 0.6 is 0 Å². The highest BCUT2D eigenvalue weighted by atomic mass is 28.3. The van der Waals surface area contributed by atoms with Crippen LogP contribution in [0.4, 0.5) is 22.0 Å². The average molecular weight is 206 g/mol. The van der Waals surface area contributed by atoms with Gasteiger partial charge in [-0.1, -0.05) is 19.6 Å². The second kappa shape index (κ2) is 2.97. The first-order chi connectivity index (χ1) is 4.96. The minimum atomic E-state index is -5.40. The van der Waals surface area contributed by atoms with Crippen molar-refractivity contribution in [2.75, 3.05) is 0 Å². The van der Waals surface area contributed by atoms with Gasteiger partial charge in [0.2, 0.25) is 0 Å². The maximum absolute atomic E-state index is 12.3. The van der Waals surface area contributed by atoms with Gasteiger partial charge in [0.05, 0.1) is 8.07 Å². The Balaban J connectivity index is 4.44. The number of rotatable bonds is 2. The van der Waals surface area contributed by atoms with E-state index in [9.17, 15) is 22.0 Å². The molecule has 0 heterocycles. The van der Waals surface area contributed by atoms with E-state index in [0.29, 0.717) is 0 Å². The summed E-state index contributed by atoms with van der Waals surface area (Å²) in [5.74, 6) is -4.52. The molecule has 0 fully saturated rings. The third-order valence-electron chi connectivity index (χ3n) is 1.17. The molecule has 0 unspecified atom stereocenters. The van der Waals surface area contributed by atoms with Gasteiger partial charge >= 0.3 is 12.1 Å². The van der Waals surface area contributed by atoms with E-state index in [1.165, 1.54) is 19.6 Å². The van der Waals surface area contributed by atoms with Crippen LogP contribution in [0.5, 0.6) is 0 Å². The number of alkyl halides is 5. The normalized spacial score (nSPS) is 15.0. The van der Waals surface area contributed by atoms with E-state index >= 15 is 0 Å². The molecule has 0 aromatic rings.